The number of hydrogen-bond acceptors (Lipinski definition) is 3. The SMILES string of the molecule is NC1=CC=CC(N)(Oc2ccccc2)C1. The van der Waals surface area contributed by atoms with Crippen molar-refractivity contribution in [3.63, 3.8) is 0 Å². The standard InChI is InChI=1S/C12H14N2O/c13-10-5-4-8-12(14,9-10)15-11-6-2-1-3-7-11/h1-8H,9,13-14H2. The molecule has 0 bridgehead atoms. The molecule has 3 nitrogen and oxygen atoms in total. The lowest BCUT2D eigenvalue weighted by molar-refractivity contribution is 0.126. The first-order chi connectivity index (χ1) is 7.18. The van der Waals surface area contributed by atoms with Crippen LogP contribution in [-0.4, -0.2) is 5.72 Å². The fourth-order valence-corrected chi connectivity index (χ4v) is 1.55. The van der Waals surface area contributed by atoms with Gasteiger partial charge in [-0.25, -0.2) is 0 Å². The fourth-order valence-electron chi connectivity index (χ4n) is 1.55. The molecule has 4 N–H and O–H groups in total. The van der Waals surface area contributed by atoms with Crippen molar-refractivity contribution in [2.45, 2.75) is 12.1 Å². The summed E-state index contributed by atoms with van der Waals surface area (Å²) >= 11 is 0. The number of benzene rings is 1. The highest BCUT2D eigenvalue weighted by atomic mass is 16.5. The van der Waals surface area contributed by atoms with Crippen LogP contribution in [0.15, 0.2) is 54.3 Å². The maximum atomic E-state index is 6.05. The minimum Gasteiger partial charge on any atom is -0.469 e. The van der Waals surface area contributed by atoms with Crippen LogP contribution in [0.5, 0.6) is 5.75 Å². The first kappa shape index (κ1) is 9.80. The van der Waals surface area contributed by atoms with Gasteiger partial charge in [-0.2, -0.15) is 0 Å². The van der Waals surface area contributed by atoms with Crippen molar-refractivity contribution >= 4 is 0 Å². The van der Waals surface area contributed by atoms with E-state index in [1.807, 2.05) is 48.6 Å². The molecule has 0 fully saturated rings. The Bertz CT molecular complexity index is 397. The molecule has 1 aromatic carbocycles. The molecule has 0 saturated carbocycles. The highest BCUT2D eigenvalue weighted by Gasteiger charge is 2.26. The zero-order valence-corrected chi connectivity index (χ0v) is 8.39. The van der Waals surface area contributed by atoms with E-state index in [1.165, 1.54) is 0 Å². The molecular formula is C12H14N2O. The molecule has 1 aliphatic rings. The van der Waals surface area contributed by atoms with E-state index in [4.69, 9.17) is 16.2 Å². The Labute approximate surface area is 89.0 Å². The number of para-hydroxylation sites is 1. The number of nitrogens with two attached hydrogens (primary N) is 2. The quantitative estimate of drug-likeness (QED) is 0.715. The van der Waals surface area contributed by atoms with Gasteiger partial charge in [0.25, 0.3) is 0 Å². The summed E-state index contributed by atoms with van der Waals surface area (Å²) in [5.41, 5.74) is 11.7. The van der Waals surface area contributed by atoms with Gasteiger partial charge in [-0.1, -0.05) is 24.3 Å². The summed E-state index contributed by atoms with van der Waals surface area (Å²) < 4.78 is 5.68. The van der Waals surface area contributed by atoms with Crippen molar-refractivity contribution in [1.29, 1.82) is 0 Å². The minimum atomic E-state index is -0.819. The smallest absolute Gasteiger partial charge is 0.183 e. The monoisotopic (exact) mass is 202 g/mol. The molecule has 0 amide bonds. The third-order valence-corrected chi connectivity index (χ3v) is 2.22. The van der Waals surface area contributed by atoms with E-state index in [-0.39, 0.29) is 0 Å². The average molecular weight is 202 g/mol. The Morgan fingerprint density at radius 1 is 1.20 bits per heavy atom. The molecule has 0 aromatic heterocycles. The molecule has 15 heavy (non-hydrogen) atoms. The third-order valence-electron chi connectivity index (χ3n) is 2.22. The van der Waals surface area contributed by atoms with Crippen molar-refractivity contribution in [2.24, 2.45) is 11.5 Å². The van der Waals surface area contributed by atoms with Crippen molar-refractivity contribution in [1.82, 2.24) is 0 Å². The highest BCUT2D eigenvalue weighted by Crippen LogP contribution is 2.22. The second-order valence-corrected chi connectivity index (χ2v) is 3.65. The van der Waals surface area contributed by atoms with E-state index < -0.39 is 5.72 Å². The van der Waals surface area contributed by atoms with Crippen molar-refractivity contribution in [3.05, 3.63) is 54.3 Å². The average Bonchev–Trinajstić information content (AvgIpc) is 2.18. The minimum absolute atomic E-state index is 0.512. The van der Waals surface area contributed by atoms with Crippen molar-refractivity contribution in [3.8, 4) is 5.75 Å². The summed E-state index contributed by atoms with van der Waals surface area (Å²) in [5, 5.41) is 0. The molecule has 0 aliphatic heterocycles. The molecule has 0 radical (unpaired) electrons. The zero-order valence-electron chi connectivity index (χ0n) is 8.39. The van der Waals surface area contributed by atoms with Crippen LogP contribution < -0.4 is 16.2 Å². The van der Waals surface area contributed by atoms with Gasteiger partial charge in [-0.05, 0) is 24.3 Å². The maximum Gasteiger partial charge on any atom is 0.183 e. The van der Waals surface area contributed by atoms with Gasteiger partial charge in [-0.15, -0.1) is 0 Å². The lowest BCUT2D eigenvalue weighted by Gasteiger charge is -2.29. The van der Waals surface area contributed by atoms with Crippen LogP contribution in [0.2, 0.25) is 0 Å². The molecule has 2 rings (SSSR count). The number of allylic oxidation sites excluding steroid dienone is 2. The van der Waals surface area contributed by atoms with Crippen LogP contribution in [0, 0.1) is 0 Å². The summed E-state index contributed by atoms with van der Waals surface area (Å²) in [6, 6.07) is 9.49. The van der Waals surface area contributed by atoms with Gasteiger partial charge < -0.3 is 10.5 Å². The Hall–Kier alpha value is -1.74. The maximum absolute atomic E-state index is 6.05. The van der Waals surface area contributed by atoms with E-state index in [0.29, 0.717) is 6.42 Å². The van der Waals surface area contributed by atoms with Crippen LogP contribution in [-0.2, 0) is 0 Å². The molecule has 0 spiro atoms. The number of hydrogen-bond donors (Lipinski definition) is 2. The van der Waals surface area contributed by atoms with Crippen LogP contribution >= 0.6 is 0 Å². The van der Waals surface area contributed by atoms with Crippen LogP contribution in [0.1, 0.15) is 6.42 Å². The van der Waals surface area contributed by atoms with E-state index in [9.17, 15) is 0 Å². The molecule has 78 valence electrons. The van der Waals surface area contributed by atoms with Crippen molar-refractivity contribution in [2.75, 3.05) is 0 Å². The molecule has 1 unspecified atom stereocenters. The summed E-state index contributed by atoms with van der Waals surface area (Å²) in [6.45, 7) is 0. The van der Waals surface area contributed by atoms with E-state index >= 15 is 0 Å². The second-order valence-electron chi connectivity index (χ2n) is 3.65. The number of ether oxygens (including phenoxy) is 1. The van der Waals surface area contributed by atoms with Crippen LogP contribution in [0.25, 0.3) is 0 Å². The Kier molecular flexibility index (Phi) is 2.47. The molecule has 1 aliphatic carbocycles. The predicted molar refractivity (Wildman–Crippen MR) is 60.0 cm³/mol. The largest absolute Gasteiger partial charge is 0.469 e. The Morgan fingerprint density at radius 2 is 1.93 bits per heavy atom. The van der Waals surface area contributed by atoms with Gasteiger partial charge in [0.15, 0.2) is 5.72 Å². The second kappa shape index (κ2) is 3.79. The van der Waals surface area contributed by atoms with Gasteiger partial charge in [0.2, 0.25) is 0 Å². The molecule has 0 saturated heterocycles. The van der Waals surface area contributed by atoms with Gasteiger partial charge in [0.05, 0.1) is 0 Å². The topological polar surface area (TPSA) is 61.3 Å². The lowest BCUT2D eigenvalue weighted by atomic mass is 10.0. The fraction of sp³-hybridized carbons (Fsp3) is 0.167. The molecule has 3 heteroatoms. The summed E-state index contributed by atoms with van der Waals surface area (Å²) in [7, 11) is 0. The van der Waals surface area contributed by atoms with Gasteiger partial charge in [0.1, 0.15) is 5.75 Å². The molecule has 0 heterocycles. The summed E-state index contributed by atoms with van der Waals surface area (Å²) in [6.07, 6.45) is 5.98. The Balaban J connectivity index is 2.13. The molecule has 1 atom stereocenters. The highest BCUT2D eigenvalue weighted by molar-refractivity contribution is 5.27. The molecule has 1 aromatic rings. The van der Waals surface area contributed by atoms with Crippen LogP contribution in [0.4, 0.5) is 0 Å². The first-order valence-corrected chi connectivity index (χ1v) is 4.85. The number of rotatable bonds is 2. The summed E-state index contributed by atoms with van der Waals surface area (Å²) in [5.74, 6) is 0.749. The van der Waals surface area contributed by atoms with Gasteiger partial charge >= 0.3 is 0 Å². The third kappa shape index (κ3) is 2.39. The molecular weight excluding hydrogens is 188 g/mol. The Morgan fingerprint density at radius 3 is 2.60 bits per heavy atom. The van der Waals surface area contributed by atoms with E-state index in [2.05, 4.69) is 0 Å². The predicted octanol–water partition coefficient (Wildman–Crippen LogP) is 1.52. The van der Waals surface area contributed by atoms with Crippen LogP contribution in [0.3, 0.4) is 0 Å². The zero-order chi connectivity index (χ0) is 10.7. The van der Waals surface area contributed by atoms with Gasteiger partial charge in [0, 0.05) is 12.1 Å². The van der Waals surface area contributed by atoms with E-state index in [1.54, 1.807) is 0 Å². The van der Waals surface area contributed by atoms with Gasteiger partial charge in [-0.3, -0.25) is 5.73 Å². The van der Waals surface area contributed by atoms with Crippen molar-refractivity contribution < 1.29 is 4.74 Å². The first-order valence-electron chi connectivity index (χ1n) is 4.85. The normalized spacial score (nSPS) is 24.7. The summed E-state index contributed by atoms with van der Waals surface area (Å²) in [4.78, 5) is 0. The van der Waals surface area contributed by atoms with E-state index in [0.717, 1.165) is 11.4 Å². The lowest BCUT2D eigenvalue weighted by Crippen LogP contribution is -2.45.